The predicted octanol–water partition coefficient (Wildman–Crippen LogP) is 3.77. The van der Waals surface area contributed by atoms with Gasteiger partial charge in [-0.05, 0) is 31.0 Å². The number of amides is 1. The van der Waals surface area contributed by atoms with Crippen LogP contribution in [0.3, 0.4) is 0 Å². The van der Waals surface area contributed by atoms with Crippen LogP contribution < -0.4 is 5.32 Å². The monoisotopic (exact) mass is 321 g/mol. The number of rotatable bonds is 5. The van der Waals surface area contributed by atoms with Crippen LogP contribution in [0.1, 0.15) is 30.1 Å². The molecule has 2 nitrogen and oxygen atoms in total. The van der Waals surface area contributed by atoms with Gasteiger partial charge in [0.1, 0.15) is 5.82 Å². The highest BCUT2D eigenvalue weighted by atomic mass is 79.9. The number of carbonyl (C=O) groups is 1. The van der Waals surface area contributed by atoms with Crippen molar-refractivity contribution >= 4 is 33.4 Å². The maximum atomic E-state index is 13.1. The van der Waals surface area contributed by atoms with Crippen molar-refractivity contribution in [3.8, 4) is 0 Å². The van der Waals surface area contributed by atoms with Crippen molar-refractivity contribution in [2.45, 2.75) is 24.6 Å². The first-order chi connectivity index (χ1) is 8.00. The Labute approximate surface area is 114 Å². The molecule has 0 saturated heterocycles. The predicted molar refractivity (Wildman–Crippen MR) is 71.4 cm³/mol. The lowest BCUT2D eigenvalue weighted by molar-refractivity contribution is 0.0952. The Balaban J connectivity index is 2.44. The van der Waals surface area contributed by atoms with Gasteiger partial charge in [0.25, 0.3) is 5.91 Å². The van der Waals surface area contributed by atoms with Crippen LogP contribution in [0.4, 0.5) is 4.39 Å². The molecule has 0 aromatic heterocycles. The molecule has 1 aromatic carbocycles. The summed E-state index contributed by atoms with van der Waals surface area (Å²) in [4.78, 5) is 12.1. The van der Waals surface area contributed by atoms with E-state index in [9.17, 15) is 9.18 Å². The first-order valence-electron chi connectivity index (χ1n) is 5.38. The highest BCUT2D eigenvalue weighted by Gasteiger charge is 2.08. The Hall–Kier alpha value is -0.610. The van der Waals surface area contributed by atoms with Crippen molar-refractivity contribution in [2.24, 2.45) is 0 Å². The fourth-order valence-electron chi connectivity index (χ4n) is 1.32. The smallest absolute Gasteiger partial charge is 0.251 e. The normalized spacial score (nSPS) is 12.2. The van der Waals surface area contributed by atoms with E-state index in [1.54, 1.807) is 0 Å². The third-order valence-electron chi connectivity index (χ3n) is 2.25. The van der Waals surface area contributed by atoms with E-state index in [1.165, 1.54) is 12.1 Å². The molecular formula is C12H14BrClFNO. The summed E-state index contributed by atoms with van der Waals surface area (Å²) in [5.74, 6) is -0.851. The van der Waals surface area contributed by atoms with E-state index in [-0.39, 0.29) is 10.9 Å². The van der Waals surface area contributed by atoms with Crippen LogP contribution >= 0.6 is 27.5 Å². The van der Waals surface area contributed by atoms with E-state index in [0.717, 1.165) is 18.9 Å². The average Bonchev–Trinajstić information content (AvgIpc) is 2.27. The number of nitrogens with one attached hydrogen (secondary N) is 1. The highest BCUT2D eigenvalue weighted by molar-refractivity contribution is 9.09. The maximum Gasteiger partial charge on any atom is 0.251 e. The number of carbonyl (C=O) groups excluding carboxylic acids is 1. The third-order valence-corrected chi connectivity index (χ3v) is 3.01. The first kappa shape index (κ1) is 14.5. The van der Waals surface area contributed by atoms with Crippen molar-refractivity contribution in [3.05, 3.63) is 34.6 Å². The number of benzene rings is 1. The quantitative estimate of drug-likeness (QED) is 0.649. The molecule has 0 aliphatic rings. The second kappa shape index (κ2) is 6.97. The molecule has 0 saturated carbocycles. The lowest BCUT2D eigenvalue weighted by Crippen LogP contribution is -2.24. The summed E-state index contributed by atoms with van der Waals surface area (Å²) in [5, 5.41) is 2.75. The minimum atomic E-state index is -0.576. The molecule has 1 aromatic rings. The van der Waals surface area contributed by atoms with Crippen molar-refractivity contribution in [1.82, 2.24) is 5.32 Å². The molecule has 0 bridgehead atoms. The Morgan fingerprint density at radius 3 is 2.88 bits per heavy atom. The molecular weight excluding hydrogens is 308 g/mol. The molecule has 0 aliphatic carbocycles. The first-order valence-corrected chi connectivity index (χ1v) is 6.67. The van der Waals surface area contributed by atoms with E-state index in [0.29, 0.717) is 16.9 Å². The molecule has 1 amide bonds. The van der Waals surface area contributed by atoms with Crippen molar-refractivity contribution in [2.75, 3.05) is 6.54 Å². The molecule has 17 heavy (non-hydrogen) atoms. The SMILES string of the molecule is CC(Br)CCCNC(=O)c1ccc(Cl)c(F)c1. The summed E-state index contributed by atoms with van der Waals surface area (Å²) in [6.45, 7) is 2.63. The van der Waals surface area contributed by atoms with Gasteiger partial charge in [0.2, 0.25) is 0 Å². The van der Waals surface area contributed by atoms with Gasteiger partial charge in [-0.3, -0.25) is 4.79 Å². The molecule has 0 heterocycles. The van der Waals surface area contributed by atoms with Gasteiger partial charge >= 0.3 is 0 Å². The van der Waals surface area contributed by atoms with Gasteiger partial charge < -0.3 is 5.32 Å². The van der Waals surface area contributed by atoms with Gasteiger partial charge in [-0.15, -0.1) is 0 Å². The summed E-state index contributed by atoms with van der Waals surface area (Å²) in [7, 11) is 0. The zero-order valence-corrected chi connectivity index (χ0v) is 11.8. The van der Waals surface area contributed by atoms with Gasteiger partial charge in [0.15, 0.2) is 0 Å². The van der Waals surface area contributed by atoms with Gasteiger partial charge in [-0.2, -0.15) is 0 Å². The fraction of sp³-hybridized carbons (Fsp3) is 0.417. The molecule has 5 heteroatoms. The lowest BCUT2D eigenvalue weighted by atomic mass is 10.2. The fourth-order valence-corrected chi connectivity index (χ4v) is 1.77. The van der Waals surface area contributed by atoms with Crippen molar-refractivity contribution in [1.29, 1.82) is 0 Å². The molecule has 0 fully saturated rings. The number of alkyl halides is 1. The standard InChI is InChI=1S/C12H14BrClFNO/c1-8(13)3-2-6-16-12(17)9-4-5-10(14)11(15)7-9/h4-5,7-8H,2-3,6H2,1H3,(H,16,17). The Bertz CT molecular complexity index is 398. The van der Waals surface area contributed by atoms with Crippen LogP contribution in [0, 0.1) is 5.82 Å². The minimum Gasteiger partial charge on any atom is -0.352 e. The summed E-state index contributed by atoms with van der Waals surface area (Å²) >= 11 is 8.96. The molecule has 0 radical (unpaired) electrons. The highest BCUT2D eigenvalue weighted by Crippen LogP contribution is 2.15. The van der Waals surface area contributed by atoms with E-state index in [4.69, 9.17) is 11.6 Å². The second-order valence-corrected chi connectivity index (χ2v) is 5.78. The van der Waals surface area contributed by atoms with Gasteiger partial charge in [0, 0.05) is 16.9 Å². The van der Waals surface area contributed by atoms with Gasteiger partial charge in [0.05, 0.1) is 5.02 Å². The molecule has 94 valence electrons. The third kappa shape index (κ3) is 5.04. The van der Waals surface area contributed by atoms with E-state index >= 15 is 0 Å². The molecule has 1 atom stereocenters. The van der Waals surface area contributed by atoms with E-state index in [1.807, 2.05) is 0 Å². The van der Waals surface area contributed by atoms with E-state index < -0.39 is 5.82 Å². The van der Waals surface area contributed by atoms with Crippen molar-refractivity contribution in [3.63, 3.8) is 0 Å². The zero-order valence-electron chi connectivity index (χ0n) is 9.47. The average molecular weight is 323 g/mol. The maximum absolute atomic E-state index is 13.1. The van der Waals surface area contributed by atoms with Gasteiger partial charge in [-0.1, -0.05) is 34.5 Å². The molecule has 0 spiro atoms. The van der Waals surface area contributed by atoms with Crippen LogP contribution in [0.2, 0.25) is 5.02 Å². The molecule has 1 N–H and O–H groups in total. The Morgan fingerprint density at radius 2 is 2.29 bits per heavy atom. The summed E-state index contributed by atoms with van der Waals surface area (Å²) in [5.41, 5.74) is 0.291. The van der Waals surface area contributed by atoms with Crippen LogP contribution in [0.15, 0.2) is 18.2 Å². The van der Waals surface area contributed by atoms with E-state index in [2.05, 4.69) is 28.2 Å². The summed E-state index contributed by atoms with van der Waals surface area (Å²) in [6, 6.07) is 4.03. The Morgan fingerprint density at radius 1 is 1.59 bits per heavy atom. The topological polar surface area (TPSA) is 29.1 Å². The molecule has 1 unspecified atom stereocenters. The van der Waals surface area contributed by atoms with Crippen LogP contribution in [0.5, 0.6) is 0 Å². The number of halogens is 3. The Kier molecular flexibility index (Phi) is 5.92. The van der Waals surface area contributed by atoms with Crippen LogP contribution in [-0.4, -0.2) is 17.3 Å². The van der Waals surface area contributed by atoms with Crippen molar-refractivity contribution < 1.29 is 9.18 Å². The molecule has 1 rings (SSSR count). The summed E-state index contributed by atoms with van der Waals surface area (Å²) < 4.78 is 13.1. The second-order valence-electron chi connectivity index (χ2n) is 3.81. The molecule has 0 aliphatic heterocycles. The van der Waals surface area contributed by atoms with Gasteiger partial charge in [-0.25, -0.2) is 4.39 Å². The van der Waals surface area contributed by atoms with Crippen LogP contribution in [0.25, 0.3) is 0 Å². The summed E-state index contributed by atoms with van der Waals surface area (Å²) in [6.07, 6.45) is 1.86. The number of hydrogen-bond acceptors (Lipinski definition) is 1. The largest absolute Gasteiger partial charge is 0.352 e. The minimum absolute atomic E-state index is 0.0228. The zero-order chi connectivity index (χ0) is 12.8. The van der Waals surface area contributed by atoms with Crippen LogP contribution in [-0.2, 0) is 0 Å². The number of hydrogen-bond donors (Lipinski definition) is 1. The lowest BCUT2D eigenvalue weighted by Gasteiger charge is -2.06.